The van der Waals surface area contributed by atoms with Crippen LogP contribution in [0.15, 0.2) is 12.4 Å². The number of hydrogen-bond acceptors (Lipinski definition) is 2. The van der Waals surface area contributed by atoms with Crippen molar-refractivity contribution in [1.29, 1.82) is 0 Å². The number of hydrogen-bond donors (Lipinski definition) is 0. The van der Waals surface area contributed by atoms with E-state index in [-0.39, 0.29) is 0 Å². The Bertz CT molecular complexity index is 330. The van der Waals surface area contributed by atoms with Gasteiger partial charge in [0, 0.05) is 19.0 Å². The molecule has 0 radical (unpaired) electrons. The first-order valence-corrected chi connectivity index (χ1v) is 5.28. The van der Waals surface area contributed by atoms with Crippen molar-refractivity contribution in [2.45, 2.75) is 45.1 Å². The second kappa shape index (κ2) is 3.95. The lowest BCUT2D eigenvalue weighted by molar-refractivity contribution is -0.118. The van der Waals surface area contributed by atoms with Gasteiger partial charge in [-0.05, 0) is 31.7 Å². The van der Waals surface area contributed by atoms with Crippen LogP contribution in [0, 0.1) is 6.92 Å². The van der Waals surface area contributed by atoms with E-state index in [0.717, 1.165) is 32.1 Å². The van der Waals surface area contributed by atoms with Crippen LogP contribution in [0.4, 0.5) is 0 Å². The summed E-state index contributed by atoms with van der Waals surface area (Å²) in [5.41, 5.74) is 1.19. The Morgan fingerprint density at radius 3 is 3.00 bits per heavy atom. The molecule has 1 aromatic heterocycles. The molecule has 3 nitrogen and oxygen atoms in total. The molecule has 0 bridgehead atoms. The Hall–Kier alpha value is -1.12. The first-order valence-electron chi connectivity index (χ1n) is 5.28. The fourth-order valence-corrected chi connectivity index (χ4v) is 2.03. The first-order chi connectivity index (χ1) is 6.75. The molecule has 3 heteroatoms. The summed E-state index contributed by atoms with van der Waals surface area (Å²) in [6.07, 6.45) is 8.50. The summed E-state index contributed by atoms with van der Waals surface area (Å²) in [5, 5.41) is 4.31. The van der Waals surface area contributed by atoms with Crippen molar-refractivity contribution in [2.75, 3.05) is 0 Å². The second-order valence-corrected chi connectivity index (χ2v) is 4.12. The summed E-state index contributed by atoms with van der Waals surface area (Å²) in [4.78, 5) is 11.2. The zero-order valence-electron chi connectivity index (χ0n) is 8.57. The molecule has 1 aliphatic carbocycles. The molecule has 1 atom stereocenters. The minimum Gasteiger partial charge on any atom is -0.300 e. The third-order valence-electron chi connectivity index (χ3n) is 2.85. The molecule has 1 fully saturated rings. The van der Waals surface area contributed by atoms with E-state index in [9.17, 15) is 4.79 Å². The molecule has 14 heavy (non-hydrogen) atoms. The number of ketones is 1. The van der Waals surface area contributed by atoms with E-state index >= 15 is 0 Å². The van der Waals surface area contributed by atoms with Crippen molar-refractivity contribution in [3.63, 3.8) is 0 Å². The minimum atomic E-state index is 0.413. The van der Waals surface area contributed by atoms with Gasteiger partial charge in [0.1, 0.15) is 5.78 Å². The van der Waals surface area contributed by atoms with Crippen LogP contribution < -0.4 is 0 Å². The van der Waals surface area contributed by atoms with Crippen LogP contribution in [0.1, 0.15) is 43.7 Å². The summed E-state index contributed by atoms with van der Waals surface area (Å²) >= 11 is 0. The van der Waals surface area contributed by atoms with Crippen molar-refractivity contribution in [3.8, 4) is 0 Å². The maximum atomic E-state index is 11.2. The Morgan fingerprint density at radius 1 is 1.43 bits per heavy atom. The highest BCUT2D eigenvalue weighted by atomic mass is 16.1. The van der Waals surface area contributed by atoms with Crippen molar-refractivity contribution >= 4 is 5.78 Å². The normalized spacial score (nSPS) is 23.5. The van der Waals surface area contributed by atoms with E-state index in [1.807, 2.05) is 17.8 Å². The van der Waals surface area contributed by atoms with Gasteiger partial charge in [0.15, 0.2) is 0 Å². The van der Waals surface area contributed by atoms with Crippen LogP contribution in [-0.4, -0.2) is 15.6 Å². The van der Waals surface area contributed by atoms with Crippen LogP contribution in [0.25, 0.3) is 0 Å². The summed E-state index contributed by atoms with van der Waals surface area (Å²) in [7, 11) is 0. The molecular formula is C11H16N2O. The van der Waals surface area contributed by atoms with Gasteiger partial charge in [0.25, 0.3) is 0 Å². The molecule has 76 valence electrons. The number of rotatable bonds is 1. The summed E-state index contributed by atoms with van der Waals surface area (Å²) in [6, 6.07) is 0.440. The van der Waals surface area contributed by atoms with E-state index in [0.29, 0.717) is 11.8 Å². The predicted molar refractivity (Wildman–Crippen MR) is 54.1 cm³/mol. The average Bonchev–Trinajstić information content (AvgIpc) is 2.46. The highest BCUT2D eigenvalue weighted by molar-refractivity contribution is 5.78. The molecular weight excluding hydrogens is 176 g/mol. The quantitative estimate of drug-likeness (QED) is 0.640. The lowest BCUT2D eigenvalue weighted by atomic mass is 10.1. The molecule has 0 N–H and O–H groups in total. The largest absolute Gasteiger partial charge is 0.300 e. The summed E-state index contributed by atoms with van der Waals surface area (Å²) in [6.45, 7) is 2.05. The molecule has 0 spiro atoms. The van der Waals surface area contributed by atoms with Crippen LogP contribution in [0.5, 0.6) is 0 Å². The van der Waals surface area contributed by atoms with Gasteiger partial charge in [0.05, 0.1) is 12.2 Å². The Labute approximate surface area is 84.1 Å². The van der Waals surface area contributed by atoms with Gasteiger partial charge in [0.2, 0.25) is 0 Å². The zero-order valence-corrected chi connectivity index (χ0v) is 8.57. The van der Waals surface area contributed by atoms with E-state index in [1.54, 1.807) is 0 Å². The smallest absolute Gasteiger partial charge is 0.132 e. The Morgan fingerprint density at radius 2 is 2.29 bits per heavy atom. The molecule has 1 heterocycles. The van der Waals surface area contributed by atoms with E-state index in [4.69, 9.17) is 0 Å². The summed E-state index contributed by atoms with van der Waals surface area (Å²) in [5.74, 6) is 0.413. The van der Waals surface area contributed by atoms with Crippen LogP contribution in [0.2, 0.25) is 0 Å². The Balaban J connectivity index is 2.07. The zero-order chi connectivity index (χ0) is 9.97. The molecule has 2 rings (SSSR count). The van der Waals surface area contributed by atoms with Gasteiger partial charge < -0.3 is 0 Å². The standard InChI is InChI=1S/C11H16N2O/c1-9-7-12-13(8-9)10-3-2-4-11(14)6-5-10/h7-8,10H,2-6H2,1H3. The molecule has 0 saturated heterocycles. The highest BCUT2D eigenvalue weighted by Crippen LogP contribution is 2.24. The van der Waals surface area contributed by atoms with E-state index in [1.165, 1.54) is 5.56 Å². The molecule has 0 aromatic carbocycles. The molecule has 0 aliphatic heterocycles. The van der Waals surface area contributed by atoms with Gasteiger partial charge in [-0.3, -0.25) is 9.48 Å². The van der Waals surface area contributed by atoms with Crippen molar-refractivity contribution in [3.05, 3.63) is 18.0 Å². The molecule has 1 aromatic rings. The number of nitrogens with zero attached hydrogens (tertiary/aromatic N) is 2. The van der Waals surface area contributed by atoms with Crippen LogP contribution >= 0.6 is 0 Å². The molecule has 1 aliphatic rings. The summed E-state index contributed by atoms with van der Waals surface area (Å²) < 4.78 is 2.02. The lowest BCUT2D eigenvalue weighted by Crippen LogP contribution is -2.08. The van der Waals surface area contributed by atoms with Crippen LogP contribution in [0.3, 0.4) is 0 Å². The van der Waals surface area contributed by atoms with Crippen LogP contribution in [-0.2, 0) is 4.79 Å². The number of carbonyl (C=O) groups excluding carboxylic acids is 1. The fourth-order valence-electron chi connectivity index (χ4n) is 2.03. The topological polar surface area (TPSA) is 34.9 Å². The second-order valence-electron chi connectivity index (χ2n) is 4.12. The third kappa shape index (κ3) is 2.03. The molecule has 1 unspecified atom stereocenters. The number of carbonyl (C=O) groups is 1. The van der Waals surface area contributed by atoms with Gasteiger partial charge >= 0.3 is 0 Å². The number of aryl methyl sites for hydroxylation is 1. The predicted octanol–water partition coefficient (Wildman–Crippen LogP) is 2.27. The number of Topliss-reactive ketones (excluding diaryl/α,β-unsaturated/α-hetero) is 1. The maximum absolute atomic E-state index is 11.2. The van der Waals surface area contributed by atoms with Gasteiger partial charge in [-0.25, -0.2) is 0 Å². The fraction of sp³-hybridized carbons (Fsp3) is 0.636. The lowest BCUT2D eigenvalue weighted by Gasteiger charge is -2.13. The highest BCUT2D eigenvalue weighted by Gasteiger charge is 2.18. The van der Waals surface area contributed by atoms with E-state index in [2.05, 4.69) is 11.3 Å². The van der Waals surface area contributed by atoms with Gasteiger partial charge in [-0.15, -0.1) is 0 Å². The average molecular weight is 192 g/mol. The van der Waals surface area contributed by atoms with Crippen molar-refractivity contribution < 1.29 is 4.79 Å². The van der Waals surface area contributed by atoms with Gasteiger partial charge in [-0.1, -0.05) is 0 Å². The van der Waals surface area contributed by atoms with E-state index < -0.39 is 0 Å². The third-order valence-corrected chi connectivity index (χ3v) is 2.85. The minimum absolute atomic E-state index is 0.413. The number of aromatic nitrogens is 2. The van der Waals surface area contributed by atoms with Crippen molar-refractivity contribution in [1.82, 2.24) is 9.78 Å². The Kier molecular flexibility index (Phi) is 2.66. The maximum Gasteiger partial charge on any atom is 0.132 e. The van der Waals surface area contributed by atoms with Gasteiger partial charge in [-0.2, -0.15) is 5.10 Å². The molecule has 1 saturated carbocycles. The SMILES string of the molecule is Cc1cnn(C2CCCC(=O)CC2)c1. The first kappa shape index (κ1) is 9.44. The monoisotopic (exact) mass is 192 g/mol. The molecule has 0 amide bonds. The van der Waals surface area contributed by atoms with Crippen molar-refractivity contribution in [2.24, 2.45) is 0 Å².